The first-order valence-corrected chi connectivity index (χ1v) is 6.83. The molecule has 0 radical (unpaired) electrons. The quantitative estimate of drug-likeness (QED) is 0.480. The first-order valence-electron chi connectivity index (χ1n) is 6.83. The Hall–Kier alpha value is -2.87. The number of fused-ring (bicyclic) bond motifs is 2. The van der Waals surface area contributed by atoms with Gasteiger partial charge in [-0.25, -0.2) is 0 Å². The SMILES string of the molecule is O=Cc1c(-c2ccccc2)cc2cc3ccccc3oc1-2. The summed E-state index contributed by atoms with van der Waals surface area (Å²) in [7, 11) is 0. The minimum Gasteiger partial charge on any atom is -0.455 e. The molecule has 0 bridgehead atoms. The van der Waals surface area contributed by atoms with Gasteiger partial charge in [-0.15, -0.1) is 0 Å². The number of benzene rings is 2. The second-order valence-corrected chi connectivity index (χ2v) is 5.02. The Labute approximate surface area is 122 Å². The van der Waals surface area contributed by atoms with Crippen molar-refractivity contribution in [1.29, 1.82) is 0 Å². The van der Waals surface area contributed by atoms with Crippen LogP contribution in [0.3, 0.4) is 0 Å². The summed E-state index contributed by atoms with van der Waals surface area (Å²) >= 11 is 0. The van der Waals surface area contributed by atoms with Crippen LogP contribution >= 0.6 is 0 Å². The number of rotatable bonds is 2. The zero-order chi connectivity index (χ0) is 14.2. The molecular formula is C19H12O2. The average Bonchev–Trinajstić information content (AvgIpc) is 2.91. The van der Waals surface area contributed by atoms with E-state index in [9.17, 15) is 4.79 Å². The van der Waals surface area contributed by atoms with Crippen molar-refractivity contribution in [2.45, 2.75) is 0 Å². The van der Waals surface area contributed by atoms with Gasteiger partial charge in [0.15, 0.2) is 6.29 Å². The number of hydrogen-bond donors (Lipinski definition) is 0. The lowest BCUT2D eigenvalue weighted by molar-refractivity contribution is 0.112. The van der Waals surface area contributed by atoms with E-state index in [1.165, 1.54) is 0 Å². The number of para-hydroxylation sites is 1. The summed E-state index contributed by atoms with van der Waals surface area (Å²) in [6, 6.07) is 21.8. The van der Waals surface area contributed by atoms with Gasteiger partial charge in [-0.1, -0.05) is 48.5 Å². The second-order valence-electron chi connectivity index (χ2n) is 5.02. The normalized spacial score (nSPS) is 11.0. The smallest absolute Gasteiger partial charge is 0.154 e. The molecule has 0 unspecified atom stereocenters. The van der Waals surface area contributed by atoms with E-state index in [1.54, 1.807) is 0 Å². The average molecular weight is 272 g/mol. The van der Waals surface area contributed by atoms with E-state index in [-0.39, 0.29) is 0 Å². The molecule has 2 heteroatoms. The molecule has 0 amide bonds. The van der Waals surface area contributed by atoms with Crippen molar-refractivity contribution in [1.82, 2.24) is 0 Å². The second kappa shape index (κ2) is 4.60. The summed E-state index contributed by atoms with van der Waals surface area (Å²) < 4.78 is 5.94. The molecule has 0 fully saturated rings. The van der Waals surface area contributed by atoms with Gasteiger partial charge < -0.3 is 4.42 Å². The van der Waals surface area contributed by atoms with E-state index < -0.39 is 0 Å². The lowest BCUT2D eigenvalue weighted by atomic mass is 10.1. The number of carbonyl (C=O) groups is 1. The van der Waals surface area contributed by atoms with Crippen molar-refractivity contribution < 1.29 is 9.21 Å². The molecule has 0 spiro atoms. The molecule has 1 aliphatic heterocycles. The molecule has 21 heavy (non-hydrogen) atoms. The summed E-state index contributed by atoms with van der Waals surface area (Å²) in [5, 5.41) is 1.03. The van der Waals surface area contributed by atoms with Crippen LogP contribution in [0.5, 0.6) is 0 Å². The van der Waals surface area contributed by atoms with Crippen LogP contribution in [0.25, 0.3) is 33.4 Å². The molecule has 2 nitrogen and oxygen atoms in total. The minimum atomic E-state index is 0.613. The Morgan fingerprint density at radius 1 is 0.810 bits per heavy atom. The highest BCUT2D eigenvalue weighted by Gasteiger charge is 2.19. The van der Waals surface area contributed by atoms with E-state index in [1.807, 2.05) is 60.7 Å². The van der Waals surface area contributed by atoms with E-state index in [0.29, 0.717) is 11.3 Å². The van der Waals surface area contributed by atoms with Gasteiger partial charge in [0.25, 0.3) is 0 Å². The predicted octanol–water partition coefficient (Wildman–Crippen LogP) is 5.02. The van der Waals surface area contributed by atoms with Gasteiger partial charge in [0.1, 0.15) is 11.3 Å². The van der Waals surface area contributed by atoms with Gasteiger partial charge in [-0.05, 0) is 29.3 Å². The zero-order valence-corrected chi connectivity index (χ0v) is 11.2. The van der Waals surface area contributed by atoms with Crippen molar-refractivity contribution >= 4 is 17.3 Å². The van der Waals surface area contributed by atoms with Crippen molar-refractivity contribution in [3.05, 3.63) is 72.3 Å². The summed E-state index contributed by atoms with van der Waals surface area (Å²) in [6.07, 6.45) is 0.878. The van der Waals surface area contributed by atoms with Crippen LogP contribution < -0.4 is 0 Å². The highest BCUT2D eigenvalue weighted by molar-refractivity contribution is 6.00. The molecule has 1 heterocycles. The first-order chi connectivity index (χ1) is 10.4. The number of aldehydes is 1. The van der Waals surface area contributed by atoms with Gasteiger partial charge in [0, 0.05) is 10.9 Å². The van der Waals surface area contributed by atoms with Gasteiger partial charge in [-0.2, -0.15) is 0 Å². The molecule has 2 aliphatic rings. The van der Waals surface area contributed by atoms with Gasteiger partial charge in [0.05, 0.1) is 5.56 Å². The lowest BCUT2D eigenvalue weighted by Crippen LogP contribution is -1.84. The standard InChI is InChI=1S/C19H12O2/c20-12-17-16(13-6-2-1-3-7-13)11-15-10-14-8-4-5-9-18(14)21-19(15)17/h1-12H. The van der Waals surface area contributed by atoms with E-state index >= 15 is 0 Å². The third-order valence-corrected chi connectivity index (χ3v) is 3.74. The predicted molar refractivity (Wildman–Crippen MR) is 83.7 cm³/mol. The molecule has 2 aromatic rings. The number of carbonyl (C=O) groups excluding carboxylic acids is 1. The Bertz CT molecular complexity index is 904. The topological polar surface area (TPSA) is 30.2 Å². The van der Waals surface area contributed by atoms with Crippen molar-refractivity contribution in [2.75, 3.05) is 0 Å². The summed E-state index contributed by atoms with van der Waals surface area (Å²) in [5.74, 6) is 0.655. The van der Waals surface area contributed by atoms with Crippen LogP contribution in [0.15, 0.2) is 71.1 Å². The third kappa shape index (κ3) is 1.84. The Balaban J connectivity index is 2.07. The zero-order valence-electron chi connectivity index (χ0n) is 11.2. The first kappa shape index (κ1) is 11.9. The molecule has 0 saturated heterocycles. The van der Waals surface area contributed by atoms with Gasteiger partial charge in [-0.3, -0.25) is 4.79 Å². The minimum absolute atomic E-state index is 0.613. The van der Waals surface area contributed by atoms with Gasteiger partial charge in [0.2, 0.25) is 0 Å². The maximum absolute atomic E-state index is 11.6. The molecule has 0 saturated carbocycles. The summed E-state index contributed by atoms with van der Waals surface area (Å²) in [4.78, 5) is 11.6. The molecule has 0 N–H and O–H groups in total. The maximum atomic E-state index is 11.6. The maximum Gasteiger partial charge on any atom is 0.154 e. The number of hydrogen-bond acceptors (Lipinski definition) is 2. The fraction of sp³-hybridized carbons (Fsp3) is 0. The summed E-state index contributed by atoms with van der Waals surface area (Å²) in [6.45, 7) is 0. The Morgan fingerprint density at radius 2 is 1.57 bits per heavy atom. The monoisotopic (exact) mass is 272 g/mol. The van der Waals surface area contributed by atoms with E-state index in [2.05, 4.69) is 6.07 Å². The molecule has 100 valence electrons. The van der Waals surface area contributed by atoms with Crippen LogP contribution in [0.1, 0.15) is 10.4 Å². The highest BCUT2D eigenvalue weighted by Crippen LogP contribution is 2.39. The van der Waals surface area contributed by atoms with Crippen LogP contribution in [0.2, 0.25) is 0 Å². The largest absolute Gasteiger partial charge is 0.455 e. The molecule has 4 rings (SSSR count). The van der Waals surface area contributed by atoms with Crippen LogP contribution in [-0.4, -0.2) is 6.29 Å². The molecule has 0 aromatic heterocycles. The highest BCUT2D eigenvalue weighted by atomic mass is 16.3. The molecule has 1 aliphatic carbocycles. The fourth-order valence-corrected chi connectivity index (χ4v) is 2.74. The lowest BCUT2D eigenvalue weighted by Gasteiger charge is -2.03. The molecular weight excluding hydrogens is 260 g/mol. The Kier molecular flexibility index (Phi) is 2.61. The third-order valence-electron chi connectivity index (χ3n) is 3.74. The van der Waals surface area contributed by atoms with Crippen molar-refractivity contribution in [2.24, 2.45) is 0 Å². The molecule has 2 aromatic carbocycles. The van der Waals surface area contributed by atoms with Gasteiger partial charge >= 0.3 is 0 Å². The van der Waals surface area contributed by atoms with Crippen LogP contribution in [0, 0.1) is 0 Å². The molecule has 0 atom stereocenters. The van der Waals surface area contributed by atoms with Crippen LogP contribution in [-0.2, 0) is 0 Å². The Morgan fingerprint density at radius 3 is 2.38 bits per heavy atom. The van der Waals surface area contributed by atoms with E-state index in [4.69, 9.17) is 4.42 Å². The van der Waals surface area contributed by atoms with Crippen LogP contribution in [0.4, 0.5) is 0 Å². The van der Waals surface area contributed by atoms with Crippen molar-refractivity contribution in [3.63, 3.8) is 0 Å². The fourth-order valence-electron chi connectivity index (χ4n) is 2.74. The van der Waals surface area contributed by atoms with E-state index in [0.717, 1.165) is 33.9 Å². The summed E-state index contributed by atoms with van der Waals surface area (Å²) in [5.41, 5.74) is 4.30. The van der Waals surface area contributed by atoms with Crippen molar-refractivity contribution in [3.8, 4) is 22.5 Å².